The van der Waals surface area contributed by atoms with Gasteiger partial charge in [-0.15, -0.1) is 0 Å². The summed E-state index contributed by atoms with van der Waals surface area (Å²) >= 11 is 0. The first-order valence-corrected chi connectivity index (χ1v) is 13.4. The van der Waals surface area contributed by atoms with Gasteiger partial charge in [-0.2, -0.15) is 0 Å². The van der Waals surface area contributed by atoms with E-state index in [9.17, 15) is 9.59 Å². The summed E-state index contributed by atoms with van der Waals surface area (Å²) in [5, 5.41) is 0. The molecule has 0 fully saturated rings. The summed E-state index contributed by atoms with van der Waals surface area (Å²) in [6.07, 6.45) is 2.89. The number of hydrogen-bond acceptors (Lipinski definition) is 4. The van der Waals surface area contributed by atoms with Crippen molar-refractivity contribution < 1.29 is 19.1 Å². The smallest absolute Gasteiger partial charge is 0.254 e. The Hall–Kier alpha value is -3.74. The van der Waals surface area contributed by atoms with Crippen LogP contribution in [-0.4, -0.2) is 52.1 Å². The maximum Gasteiger partial charge on any atom is 0.254 e. The highest BCUT2D eigenvalue weighted by Crippen LogP contribution is 2.33. The van der Waals surface area contributed by atoms with Crippen molar-refractivity contribution >= 4 is 11.8 Å². The molecule has 3 aromatic rings. The van der Waals surface area contributed by atoms with E-state index in [0.717, 1.165) is 18.7 Å². The Labute approximate surface area is 226 Å². The van der Waals surface area contributed by atoms with Gasteiger partial charge in [0, 0.05) is 36.6 Å². The summed E-state index contributed by atoms with van der Waals surface area (Å²) in [6, 6.07) is 17.7. The van der Waals surface area contributed by atoms with Crippen LogP contribution in [0.25, 0.3) is 0 Å². The second-order valence-corrected chi connectivity index (χ2v) is 10.5. The van der Waals surface area contributed by atoms with Crippen LogP contribution in [0.4, 0.5) is 0 Å². The van der Waals surface area contributed by atoms with Crippen molar-refractivity contribution in [2.75, 3.05) is 19.9 Å². The van der Waals surface area contributed by atoms with E-state index in [0.29, 0.717) is 30.2 Å². The third-order valence-corrected chi connectivity index (χ3v) is 7.12. The molecule has 0 N–H and O–H groups in total. The molecule has 38 heavy (non-hydrogen) atoms. The Morgan fingerprint density at radius 1 is 1.00 bits per heavy atom. The van der Waals surface area contributed by atoms with E-state index < -0.39 is 0 Å². The van der Waals surface area contributed by atoms with Gasteiger partial charge in [-0.25, -0.2) is 0 Å². The van der Waals surface area contributed by atoms with Crippen molar-refractivity contribution in [3.05, 3.63) is 83.2 Å². The molecule has 1 unspecified atom stereocenters. The summed E-state index contributed by atoms with van der Waals surface area (Å²) in [5.74, 6) is 1.16. The van der Waals surface area contributed by atoms with Gasteiger partial charge in [0.05, 0.1) is 6.54 Å². The molecule has 7 heteroatoms. The third-order valence-electron chi connectivity index (χ3n) is 7.12. The minimum atomic E-state index is -0.183. The Bertz CT molecular complexity index is 1270. The molecule has 0 bridgehead atoms. The fourth-order valence-electron chi connectivity index (χ4n) is 4.73. The molecule has 1 atom stereocenters. The first-order chi connectivity index (χ1) is 18.3. The second-order valence-electron chi connectivity index (χ2n) is 10.5. The van der Waals surface area contributed by atoms with Gasteiger partial charge >= 0.3 is 0 Å². The van der Waals surface area contributed by atoms with Crippen molar-refractivity contribution in [2.45, 2.75) is 60.2 Å². The molecule has 0 radical (unpaired) electrons. The lowest BCUT2D eigenvalue weighted by molar-refractivity contribution is -0.134. The van der Waals surface area contributed by atoms with Gasteiger partial charge in [0.15, 0.2) is 11.5 Å². The fraction of sp³-hybridized carbons (Fsp3) is 0.419. The molecule has 1 aliphatic rings. The number of aromatic nitrogens is 1. The highest BCUT2D eigenvalue weighted by atomic mass is 16.7. The summed E-state index contributed by atoms with van der Waals surface area (Å²) in [7, 11) is 0. The van der Waals surface area contributed by atoms with Gasteiger partial charge < -0.3 is 23.8 Å². The van der Waals surface area contributed by atoms with Gasteiger partial charge in [0.1, 0.15) is 6.54 Å². The van der Waals surface area contributed by atoms with Crippen molar-refractivity contribution in [1.29, 1.82) is 0 Å². The topological polar surface area (TPSA) is 64.0 Å². The number of nitrogens with zero attached hydrogens (tertiary/aromatic N) is 3. The summed E-state index contributed by atoms with van der Waals surface area (Å²) in [4.78, 5) is 30.9. The molecule has 0 spiro atoms. The second kappa shape index (κ2) is 12.2. The van der Waals surface area contributed by atoms with E-state index in [4.69, 9.17) is 9.47 Å². The van der Waals surface area contributed by atoms with Gasteiger partial charge in [0.2, 0.25) is 12.7 Å². The maximum atomic E-state index is 13.8. The predicted octanol–water partition coefficient (Wildman–Crippen LogP) is 5.50. The zero-order chi connectivity index (χ0) is 27.2. The normalized spacial score (nSPS) is 13.0. The number of fused-ring (bicyclic) bond motifs is 1. The number of carbonyl (C=O) groups excluding carboxylic acids is 2. The SMILES string of the molecule is CCC(C)N(Cc1cccn1Cc1ccccc1C)C(=O)CN(CC(C)C)C(=O)c1ccc2c(c1)OCO2. The van der Waals surface area contributed by atoms with Crippen molar-refractivity contribution in [3.8, 4) is 11.5 Å². The average molecular weight is 518 g/mol. The van der Waals surface area contributed by atoms with E-state index in [-0.39, 0.29) is 37.1 Å². The monoisotopic (exact) mass is 517 g/mol. The summed E-state index contributed by atoms with van der Waals surface area (Å²) < 4.78 is 13.1. The lowest BCUT2D eigenvalue weighted by Gasteiger charge is -2.32. The highest BCUT2D eigenvalue weighted by Gasteiger charge is 2.27. The molecule has 2 aromatic carbocycles. The van der Waals surface area contributed by atoms with Crippen molar-refractivity contribution in [2.24, 2.45) is 5.92 Å². The fourth-order valence-corrected chi connectivity index (χ4v) is 4.73. The van der Waals surface area contributed by atoms with E-state index in [1.807, 2.05) is 17.0 Å². The molecule has 2 heterocycles. The molecule has 1 aromatic heterocycles. The molecule has 202 valence electrons. The number of ether oxygens (including phenoxy) is 2. The van der Waals surface area contributed by atoms with Crippen LogP contribution in [0, 0.1) is 12.8 Å². The number of rotatable bonds is 11. The zero-order valence-electron chi connectivity index (χ0n) is 23.1. The molecule has 0 saturated heterocycles. The number of aryl methyl sites for hydroxylation is 1. The maximum absolute atomic E-state index is 13.8. The van der Waals surface area contributed by atoms with Crippen molar-refractivity contribution in [3.63, 3.8) is 0 Å². The zero-order valence-corrected chi connectivity index (χ0v) is 23.1. The standard InChI is InChI=1S/C31H39N3O4/c1-6-24(5)34(19-27-12-9-15-32(27)18-26-11-8-7-10-23(26)4)30(35)20-33(17-22(2)3)31(36)25-13-14-28-29(16-25)38-21-37-28/h7-16,22,24H,6,17-21H2,1-5H3. The minimum Gasteiger partial charge on any atom is -0.454 e. The Morgan fingerprint density at radius 2 is 1.76 bits per heavy atom. The summed E-state index contributed by atoms with van der Waals surface area (Å²) in [6.45, 7) is 12.3. The largest absolute Gasteiger partial charge is 0.454 e. The number of benzene rings is 2. The quantitative estimate of drug-likeness (QED) is 0.337. The van der Waals surface area contributed by atoms with Crippen LogP contribution < -0.4 is 9.47 Å². The molecule has 0 aliphatic carbocycles. The van der Waals surface area contributed by atoms with Crippen LogP contribution in [0.5, 0.6) is 11.5 Å². The van der Waals surface area contributed by atoms with Gasteiger partial charge in [0.25, 0.3) is 5.91 Å². The predicted molar refractivity (Wildman–Crippen MR) is 148 cm³/mol. The Kier molecular flexibility index (Phi) is 8.77. The van der Waals surface area contributed by atoms with Crippen LogP contribution in [0.3, 0.4) is 0 Å². The first-order valence-electron chi connectivity index (χ1n) is 13.4. The third kappa shape index (κ3) is 6.39. The number of carbonyl (C=O) groups is 2. The van der Waals surface area contributed by atoms with Crippen LogP contribution in [0.15, 0.2) is 60.8 Å². The lowest BCUT2D eigenvalue weighted by atomic mass is 10.1. The van der Waals surface area contributed by atoms with Crippen LogP contribution in [0.1, 0.15) is 61.3 Å². The molecule has 2 amide bonds. The van der Waals surface area contributed by atoms with Crippen LogP contribution in [0.2, 0.25) is 0 Å². The molecular formula is C31H39N3O4. The highest BCUT2D eigenvalue weighted by molar-refractivity contribution is 5.97. The van der Waals surface area contributed by atoms with Crippen molar-refractivity contribution in [1.82, 2.24) is 14.4 Å². The van der Waals surface area contributed by atoms with Crippen LogP contribution >= 0.6 is 0 Å². The van der Waals surface area contributed by atoms with E-state index in [1.165, 1.54) is 11.1 Å². The van der Waals surface area contributed by atoms with Gasteiger partial charge in [-0.1, -0.05) is 45.0 Å². The molecule has 1 aliphatic heterocycles. The molecular weight excluding hydrogens is 478 g/mol. The molecule has 4 rings (SSSR count). The van der Waals surface area contributed by atoms with Crippen LogP contribution in [-0.2, 0) is 17.9 Å². The summed E-state index contributed by atoms with van der Waals surface area (Å²) in [5.41, 5.74) is 4.06. The lowest BCUT2D eigenvalue weighted by Crippen LogP contribution is -2.47. The van der Waals surface area contributed by atoms with E-state index in [1.54, 1.807) is 23.1 Å². The molecule has 0 saturated carbocycles. The van der Waals surface area contributed by atoms with E-state index in [2.05, 4.69) is 69.6 Å². The molecule has 7 nitrogen and oxygen atoms in total. The average Bonchev–Trinajstić information content (AvgIpc) is 3.55. The van der Waals surface area contributed by atoms with E-state index >= 15 is 0 Å². The Balaban J connectivity index is 1.53. The van der Waals surface area contributed by atoms with Gasteiger partial charge in [-0.05, 0) is 67.6 Å². The number of amides is 2. The minimum absolute atomic E-state index is 0.0221. The number of hydrogen-bond donors (Lipinski definition) is 0. The van der Waals surface area contributed by atoms with Gasteiger partial charge in [-0.3, -0.25) is 9.59 Å². The Morgan fingerprint density at radius 3 is 2.50 bits per heavy atom. The first kappa shape index (κ1) is 27.3.